The molecule has 0 aliphatic carbocycles. The molecule has 3 fully saturated rings. The molecule has 4 atom stereocenters. The Balaban J connectivity index is 0.919. The largest absolute Gasteiger partial charge is 0.496 e. The Morgan fingerprint density at radius 2 is 1.59 bits per heavy atom. The minimum absolute atomic E-state index is 0.0491. The van der Waals surface area contributed by atoms with E-state index >= 15 is 0 Å². The third-order valence-electron chi connectivity index (χ3n) is 14.8. The van der Waals surface area contributed by atoms with Crippen molar-refractivity contribution in [3.63, 3.8) is 0 Å². The lowest BCUT2D eigenvalue weighted by Crippen LogP contribution is -2.52. The zero-order valence-electron chi connectivity index (χ0n) is 37.8. The summed E-state index contributed by atoms with van der Waals surface area (Å²) in [6.45, 7) is 6.06. The molecule has 1 spiro atoms. The SMILES string of the molecule is COc1cc(C)c2[nH]ccc2c1CN1CCC(c2cccc(Cc3cc(OC)c(CN4CCC5(CCCO5)CC4c4ccc(C(=O)O)cc4)c4cn[nH]c34)c2)C[Si@H]1c1ccc(C(=O)O)cc1. The van der Waals surface area contributed by atoms with E-state index in [4.69, 9.17) is 14.2 Å². The van der Waals surface area contributed by atoms with Crippen molar-refractivity contribution in [3.8, 4) is 11.5 Å². The van der Waals surface area contributed by atoms with E-state index in [1.165, 1.54) is 27.3 Å². The third-order valence-corrected chi connectivity index (χ3v) is 18.3. The number of nitrogens with zero attached hydrogens (tertiary/aromatic N) is 3. The van der Waals surface area contributed by atoms with E-state index in [9.17, 15) is 19.8 Å². The van der Waals surface area contributed by atoms with Gasteiger partial charge in [-0.15, -0.1) is 0 Å². The van der Waals surface area contributed by atoms with Crippen LogP contribution in [0.15, 0.2) is 103 Å². The summed E-state index contributed by atoms with van der Waals surface area (Å²) in [6.07, 6.45) is 9.52. The number of aryl methyl sites for hydroxylation is 1. The molecule has 13 heteroatoms. The van der Waals surface area contributed by atoms with Crippen LogP contribution in [0.2, 0.25) is 6.04 Å². The molecule has 0 bridgehead atoms. The Morgan fingerprint density at radius 1 is 0.848 bits per heavy atom. The lowest BCUT2D eigenvalue weighted by Gasteiger charge is -2.45. The summed E-state index contributed by atoms with van der Waals surface area (Å²) in [5.41, 5.74) is 10.7. The van der Waals surface area contributed by atoms with Gasteiger partial charge in [0.15, 0.2) is 0 Å². The minimum Gasteiger partial charge on any atom is -0.496 e. The predicted octanol–water partition coefficient (Wildman–Crippen LogP) is 8.86. The molecule has 2 aromatic heterocycles. The smallest absolute Gasteiger partial charge is 0.335 e. The summed E-state index contributed by atoms with van der Waals surface area (Å²) in [5.74, 6) is 0.225. The normalized spacial score (nSPS) is 21.5. The van der Waals surface area contributed by atoms with Gasteiger partial charge in [-0.2, -0.15) is 5.10 Å². The van der Waals surface area contributed by atoms with E-state index in [1.54, 1.807) is 38.5 Å². The van der Waals surface area contributed by atoms with Gasteiger partial charge in [-0.1, -0.05) is 48.5 Å². The van der Waals surface area contributed by atoms with Crippen molar-refractivity contribution in [2.75, 3.05) is 33.9 Å². The van der Waals surface area contributed by atoms with Crippen molar-refractivity contribution in [1.82, 2.24) is 24.6 Å². The van der Waals surface area contributed by atoms with Gasteiger partial charge in [-0.3, -0.25) is 10.00 Å². The Bertz CT molecular complexity index is 2900. The summed E-state index contributed by atoms with van der Waals surface area (Å²) in [7, 11) is 1.66. The first-order valence-corrected chi connectivity index (χ1v) is 25.0. The number of methoxy groups -OCH3 is 2. The lowest BCUT2D eigenvalue weighted by atomic mass is 9.81. The van der Waals surface area contributed by atoms with Gasteiger partial charge in [0.25, 0.3) is 0 Å². The molecule has 66 heavy (non-hydrogen) atoms. The molecule has 3 aliphatic heterocycles. The number of rotatable bonds is 13. The second-order valence-electron chi connectivity index (χ2n) is 18.6. The summed E-state index contributed by atoms with van der Waals surface area (Å²) in [5, 5.41) is 30.7. The van der Waals surface area contributed by atoms with Crippen LogP contribution in [0, 0.1) is 6.92 Å². The molecular weight excluding hydrogens is 847 g/mol. The zero-order valence-corrected chi connectivity index (χ0v) is 39.0. The molecular formula is C53H57N5O7Si. The monoisotopic (exact) mass is 903 g/mol. The minimum atomic E-state index is -1.83. The maximum atomic E-state index is 11.9. The van der Waals surface area contributed by atoms with Gasteiger partial charge in [0.05, 0.1) is 42.7 Å². The van der Waals surface area contributed by atoms with Crippen molar-refractivity contribution < 1.29 is 34.0 Å². The van der Waals surface area contributed by atoms with E-state index < -0.39 is 20.9 Å². The fourth-order valence-electron chi connectivity index (χ4n) is 11.3. The van der Waals surface area contributed by atoms with E-state index in [0.717, 1.165) is 115 Å². The molecule has 12 nitrogen and oxygen atoms in total. The number of carboxylic acid groups (broad SMARTS) is 2. The first kappa shape index (κ1) is 43.6. The van der Waals surface area contributed by atoms with Gasteiger partial charge in [0, 0.05) is 65.9 Å². The number of aromatic amines is 2. The van der Waals surface area contributed by atoms with Crippen LogP contribution in [0.3, 0.4) is 0 Å². The molecule has 340 valence electrons. The molecule has 4 N–H and O–H groups in total. The van der Waals surface area contributed by atoms with Crippen LogP contribution < -0.4 is 14.7 Å². The maximum absolute atomic E-state index is 11.9. The fourth-order valence-corrected chi connectivity index (χ4v) is 14.9. The number of fused-ring (bicyclic) bond motifs is 2. The zero-order chi connectivity index (χ0) is 45.5. The number of carboxylic acids is 2. The first-order valence-electron chi connectivity index (χ1n) is 23.1. The van der Waals surface area contributed by atoms with E-state index in [0.29, 0.717) is 24.4 Å². The lowest BCUT2D eigenvalue weighted by molar-refractivity contribution is -0.0676. The highest BCUT2D eigenvalue weighted by atomic mass is 28.3. The number of piperidine rings is 1. The van der Waals surface area contributed by atoms with Gasteiger partial charge in [-0.25, -0.2) is 9.59 Å². The molecule has 10 rings (SSSR count). The number of hydrogen-bond donors (Lipinski definition) is 4. The highest BCUT2D eigenvalue weighted by Crippen LogP contribution is 2.46. The number of likely N-dealkylation sites (tertiary alicyclic amines) is 1. The number of carbonyl (C=O) groups is 2. The Labute approximate surface area is 386 Å². The predicted molar refractivity (Wildman–Crippen MR) is 258 cm³/mol. The van der Waals surface area contributed by atoms with Crippen molar-refractivity contribution >= 4 is 47.9 Å². The highest BCUT2D eigenvalue weighted by Gasteiger charge is 2.44. The average Bonchev–Trinajstić information content (AvgIpc) is 4.14. The fraction of sp³-hybridized carbons (Fsp3) is 0.340. The molecule has 7 aromatic rings. The highest BCUT2D eigenvalue weighted by molar-refractivity contribution is 6.71. The number of aromatic nitrogens is 3. The molecule has 3 unspecified atom stereocenters. The Hall–Kier alpha value is -6.25. The van der Waals surface area contributed by atoms with Crippen molar-refractivity contribution in [2.24, 2.45) is 0 Å². The molecule has 5 heterocycles. The second kappa shape index (κ2) is 18.2. The number of ether oxygens (including phenoxy) is 3. The number of benzene rings is 5. The second-order valence-corrected chi connectivity index (χ2v) is 21.5. The van der Waals surface area contributed by atoms with E-state index in [2.05, 4.69) is 74.0 Å². The van der Waals surface area contributed by atoms with Gasteiger partial charge in [-0.05, 0) is 139 Å². The quantitative estimate of drug-likeness (QED) is 0.0826. The van der Waals surface area contributed by atoms with Crippen LogP contribution in [0.1, 0.15) is 104 Å². The number of nitrogens with one attached hydrogen (secondary N) is 2. The molecule has 0 amide bonds. The van der Waals surface area contributed by atoms with Crippen LogP contribution in [0.4, 0.5) is 0 Å². The van der Waals surface area contributed by atoms with Gasteiger partial charge < -0.3 is 34.0 Å². The number of hydrogen-bond acceptors (Lipinski definition) is 8. The third kappa shape index (κ3) is 8.40. The van der Waals surface area contributed by atoms with Crippen LogP contribution in [0.5, 0.6) is 11.5 Å². The summed E-state index contributed by atoms with van der Waals surface area (Å²) in [4.78, 5) is 29.5. The summed E-state index contributed by atoms with van der Waals surface area (Å²) in [6, 6.07) is 31.5. The molecule has 0 saturated carbocycles. The first-order chi connectivity index (χ1) is 32.1. The van der Waals surface area contributed by atoms with Gasteiger partial charge in [0.2, 0.25) is 0 Å². The summed E-state index contributed by atoms with van der Waals surface area (Å²) < 4.78 is 21.3. The Morgan fingerprint density at radius 3 is 2.32 bits per heavy atom. The Kier molecular flexibility index (Phi) is 12.0. The van der Waals surface area contributed by atoms with E-state index in [1.807, 2.05) is 36.7 Å². The molecule has 3 saturated heterocycles. The average molecular weight is 904 g/mol. The van der Waals surface area contributed by atoms with Gasteiger partial charge in [0.1, 0.15) is 20.5 Å². The summed E-state index contributed by atoms with van der Waals surface area (Å²) >= 11 is 0. The molecule has 5 aromatic carbocycles. The van der Waals surface area contributed by atoms with Crippen LogP contribution in [-0.2, 0) is 24.2 Å². The van der Waals surface area contributed by atoms with Crippen LogP contribution in [-0.4, -0.2) is 95.3 Å². The molecule has 3 aliphatic rings. The maximum Gasteiger partial charge on any atom is 0.335 e. The van der Waals surface area contributed by atoms with Crippen LogP contribution in [0.25, 0.3) is 21.8 Å². The number of aromatic carboxylic acids is 2. The number of H-pyrrole nitrogens is 2. The van der Waals surface area contributed by atoms with Crippen molar-refractivity contribution in [1.29, 1.82) is 0 Å². The molecule has 0 radical (unpaired) electrons. The van der Waals surface area contributed by atoms with E-state index in [-0.39, 0.29) is 17.2 Å². The standard InChI is InChI=1S/C53H57N5O7Si/c1-33-24-47(63-2)45(42-16-20-54-49(33)42)31-58-21-17-39(32-66(58)41-14-12-37(13-15-41)52(61)62)38-7-4-6-34(25-38)26-40-27-48(64-3)44(43-29-55-56-50(40)43)30-57-22-19-53(18-5-23-65-53)28-46(57)35-8-10-36(11-9-35)51(59)60/h4,6-16,20,24-25,27,29,39,46,54,66H,5,17-19,21-23,26,28,30-32H2,1-3H3,(H,55,56)(H,59,60)(H,61,62)/t39?,46?,53?,66-/m0/s1. The topological polar surface area (TPSA) is 153 Å². The van der Waals surface area contributed by atoms with Crippen LogP contribution >= 0.6 is 0 Å². The van der Waals surface area contributed by atoms with Crippen molar-refractivity contribution in [2.45, 2.75) is 82.1 Å². The van der Waals surface area contributed by atoms with Crippen molar-refractivity contribution in [3.05, 3.63) is 153 Å². The van der Waals surface area contributed by atoms with Gasteiger partial charge >= 0.3 is 11.9 Å².